The molecule has 3 heteroatoms. The van der Waals surface area contributed by atoms with Crippen LogP contribution < -0.4 is 0 Å². The average molecular weight is 229 g/mol. The maximum Gasteiger partial charge on any atom is 0.219 e. The van der Waals surface area contributed by atoms with Crippen LogP contribution in [0.1, 0.15) is 11.1 Å². The van der Waals surface area contributed by atoms with Crippen molar-refractivity contribution >= 4 is 11.9 Å². The first-order valence-corrected chi connectivity index (χ1v) is 5.29. The predicted molar refractivity (Wildman–Crippen MR) is 66.0 cm³/mol. The largest absolute Gasteiger partial charge is 0.618 e. The quantitative estimate of drug-likeness (QED) is 0.335. The van der Waals surface area contributed by atoms with Crippen molar-refractivity contribution in [1.29, 1.82) is 0 Å². The van der Waals surface area contributed by atoms with Gasteiger partial charge >= 0.3 is 0 Å². The molecule has 0 spiro atoms. The third kappa shape index (κ3) is 2.69. The number of halogens is 1. The van der Waals surface area contributed by atoms with Crippen molar-refractivity contribution in [2.45, 2.75) is 6.92 Å². The predicted octanol–water partition coefficient (Wildman–Crippen LogP) is 3.40. The zero-order valence-corrected chi connectivity index (χ0v) is 9.43. The Bertz CT molecular complexity index is 546. The molecule has 0 unspecified atom stereocenters. The van der Waals surface area contributed by atoms with Gasteiger partial charge in [0, 0.05) is 17.2 Å². The normalized spacial score (nSPS) is 11.5. The standard InChI is InChI=1S/C14H12FNO/c1-11-4-2-3-5-14(11)16(17)10-12-6-8-13(15)9-7-12/h2-10H,1H3/b16-10-. The molecule has 2 aromatic carbocycles. The van der Waals surface area contributed by atoms with E-state index in [2.05, 4.69) is 0 Å². The van der Waals surface area contributed by atoms with E-state index in [0.29, 0.717) is 11.3 Å². The Labute approximate surface area is 99.2 Å². The lowest BCUT2D eigenvalue weighted by atomic mass is 10.2. The fourth-order valence-corrected chi connectivity index (χ4v) is 1.56. The molecule has 2 aromatic rings. The summed E-state index contributed by atoms with van der Waals surface area (Å²) >= 11 is 0. The highest BCUT2D eigenvalue weighted by Gasteiger charge is 2.04. The van der Waals surface area contributed by atoms with Gasteiger partial charge in [0.25, 0.3) is 0 Å². The molecule has 0 amide bonds. The molecule has 2 nitrogen and oxygen atoms in total. The molecule has 2 rings (SSSR count). The van der Waals surface area contributed by atoms with Crippen molar-refractivity contribution in [3.8, 4) is 0 Å². The van der Waals surface area contributed by atoms with Gasteiger partial charge in [-0.1, -0.05) is 18.2 Å². The minimum Gasteiger partial charge on any atom is -0.618 e. The van der Waals surface area contributed by atoms with Crippen LogP contribution in [-0.2, 0) is 0 Å². The first-order valence-electron chi connectivity index (χ1n) is 5.29. The molecule has 17 heavy (non-hydrogen) atoms. The zero-order valence-electron chi connectivity index (χ0n) is 9.43. The summed E-state index contributed by atoms with van der Waals surface area (Å²) in [6.07, 6.45) is 1.43. The van der Waals surface area contributed by atoms with Gasteiger partial charge in [0.15, 0.2) is 6.21 Å². The first-order chi connectivity index (χ1) is 8.16. The highest BCUT2D eigenvalue weighted by Crippen LogP contribution is 2.16. The number of aryl methyl sites for hydroxylation is 1. The molecule has 0 fully saturated rings. The fourth-order valence-electron chi connectivity index (χ4n) is 1.56. The second kappa shape index (κ2) is 4.78. The number of rotatable bonds is 2. The lowest BCUT2D eigenvalue weighted by Crippen LogP contribution is -2.00. The monoisotopic (exact) mass is 229 g/mol. The first kappa shape index (κ1) is 11.3. The molecule has 0 saturated heterocycles. The Hall–Kier alpha value is -2.16. The van der Waals surface area contributed by atoms with E-state index in [0.717, 1.165) is 10.3 Å². The van der Waals surface area contributed by atoms with Gasteiger partial charge in [-0.2, -0.15) is 4.74 Å². The summed E-state index contributed by atoms with van der Waals surface area (Å²) in [5, 5.41) is 11.9. The summed E-state index contributed by atoms with van der Waals surface area (Å²) in [7, 11) is 0. The van der Waals surface area contributed by atoms with Gasteiger partial charge in [-0.15, -0.1) is 0 Å². The summed E-state index contributed by atoms with van der Waals surface area (Å²) in [5.41, 5.74) is 2.17. The van der Waals surface area contributed by atoms with Crippen molar-refractivity contribution in [2.24, 2.45) is 0 Å². The van der Waals surface area contributed by atoms with Crippen LogP contribution in [0, 0.1) is 17.9 Å². The molecule has 0 bridgehead atoms. The van der Waals surface area contributed by atoms with Crippen molar-refractivity contribution < 1.29 is 9.13 Å². The van der Waals surface area contributed by atoms with Crippen LogP contribution >= 0.6 is 0 Å². The highest BCUT2D eigenvalue weighted by molar-refractivity contribution is 5.76. The summed E-state index contributed by atoms with van der Waals surface area (Å²) in [6.45, 7) is 1.87. The van der Waals surface area contributed by atoms with E-state index in [9.17, 15) is 9.60 Å². The number of benzene rings is 2. The van der Waals surface area contributed by atoms with Crippen LogP contribution in [-0.4, -0.2) is 11.0 Å². The Kier molecular flexibility index (Phi) is 3.19. The molecule has 0 N–H and O–H groups in total. The lowest BCUT2D eigenvalue weighted by Gasteiger charge is -2.05. The van der Waals surface area contributed by atoms with Crippen molar-refractivity contribution in [2.75, 3.05) is 0 Å². The van der Waals surface area contributed by atoms with E-state index < -0.39 is 0 Å². The lowest BCUT2D eigenvalue weighted by molar-refractivity contribution is -0.355. The van der Waals surface area contributed by atoms with Crippen LogP contribution in [0.4, 0.5) is 10.1 Å². The molecule has 86 valence electrons. The number of nitrogens with zero attached hydrogens (tertiary/aromatic N) is 1. The van der Waals surface area contributed by atoms with Crippen molar-refractivity contribution in [3.05, 3.63) is 70.7 Å². The minimum atomic E-state index is -0.310. The van der Waals surface area contributed by atoms with Gasteiger partial charge < -0.3 is 5.21 Å². The summed E-state index contributed by atoms with van der Waals surface area (Å²) in [5.74, 6) is -0.310. The van der Waals surface area contributed by atoms with Crippen LogP contribution in [0.25, 0.3) is 0 Å². The Morgan fingerprint density at radius 1 is 1.06 bits per heavy atom. The minimum absolute atomic E-state index is 0.310. The number of hydrogen-bond acceptors (Lipinski definition) is 1. The van der Waals surface area contributed by atoms with Crippen LogP contribution in [0.15, 0.2) is 48.5 Å². The molecule has 0 saturated carbocycles. The second-order valence-corrected chi connectivity index (χ2v) is 3.79. The van der Waals surface area contributed by atoms with Gasteiger partial charge in [-0.25, -0.2) is 4.39 Å². The van der Waals surface area contributed by atoms with Gasteiger partial charge in [0.1, 0.15) is 5.82 Å². The molecule has 0 aliphatic rings. The van der Waals surface area contributed by atoms with Crippen LogP contribution in [0.2, 0.25) is 0 Å². The fraction of sp³-hybridized carbons (Fsp3) is 0.0714. The Balaban J connectivity index is 2.34. The van der Waals surface area contributed by atoms with Crippen LogP contribution in [0.3, 0.4) is 0 Å². The maximum absolute atomic E-state index is 12.7. The van der Waals surface area contributed by atoms with Crippen molar-refractivity contribution in [1.82, 2.24) is 0 Å². The Morgan fingerprint density at radius 2 is 1.71 bits per heavy atom. The van der Waals surface area contributed by atoms with Gasteiger partial charge in [0.05, 0.1) is 0 Å². The zero-order chi connectivity index (χ0) is 12.3. The van der Waals surface area contributed by atoms with E-state index in [1.807, 2.05) is 25.1 Å². The third-order valence-electron chi connectivity index (χ3n) is 2.49. The average Bonchev–Trinajstić information content (AvgIpc) is 2.32. The number of para-hydroxylation sites is 1. The molecule has 0 heterocycles. The molecule has 0 aliphatic heterocycles. The molecule has 0 radical (unpaired) electrons. The molecule has 0 aliphatic carbocycles. The molecule has 0 atom stereocenters. The summed E-state index contributed by atoms with van der Waals surface area (Å²) < 4.78 is 13.5. The van der Waals surface area contributed by atoms with E-state index >= 15 is 0 Å². The van der Waals surface area contributed by atoms with E-state index in [1.165, 1.54) is 18.3 Å². The van der Waals surface area contributed by atoms with E-state index in [1.54, 1.807) is 18.2 Å². The van der Waals surface area contributed by atoms with Crippen LogP contribution in [0.5, 0.6) is 0 Å². The molecular weight excluding hydrogens is 217 g/mol. The van der Waals surface area contributed by atoms with Gasteiger partial charge in [-0.05, 0) is 31.2 Å². The van der Waals surface area contributed by atoms with E-state index in [4.69, 9.17) is 0 Å². The summed E-state index contributed by atoms with van der Waals surface area (Å²) in [6, 6.07) is 13.1. The van der Waals surface area contributed by atoms with E-state index in [-0.39, 0.29) is 5.82 Å². The smallest absolute Gasteiger partial charge is 0.219 e. The molecular formula is C14H12FNO. The second-order valence-electron chi connectivity index (χ2n) is 3.79. The summed E-state index contributed by atoms with van der Waals surface area (Å²) in [4.78, 5) is 0. The van der Waals surface area contributed by atoms with Crippen molar-refractivity contribution in [3.63, 3.8) is 0 Å². The molecule has 0 aromatic heterocycles. The Morgan fingerprint density at radius 3 is 2.35 bits per heavy atom. The SMILES string of the molecule is Cc1ccccc1/[N+]([O-])=C/c1ccc(F)cc1. The number of hydrogen-bond donors (Lipinski definition) is 0. The topological polar surface area (TPSA) is 26.1 Å². The third-order valence-corrected chi connectivity index (χ3v) is 2.49. The van der Waals surface area contributed by atoms with Gasteiger partial charge in [-0.3, -0.25) is 0 Å². The van der Waals surface area contributed by atoms with Gasteiger partial charge in [0.2, 0.25) is 5.69 Å². The maximum atomic E-state index is 12.7. The highest BCUT2D eigenvalue weighted by atomic mass is 19.1.